The van der Waals surface area contributed by atoms with Crippen molar-refractivity contribution in [3.05, 3.63) is 0 Å². The summed E-state index contributed by atoms with van der Waals surface area (Å²) in [6.07, 6.45) is 14.2. The summed E-state index contributed by atoms with van der Waals surface area (Å²) in [5, 5.41) is 14.4. The van der Waals surface area contributed by atoms with Crippen LogP contribution in [-0.2, 0) is 62.0 Å². The summed E-state index contributed by atoms with van der Waals surface area (Å²) in [5.41, 5.74) is 0. The molecule has 1 aliphatic heterocycles. The van der Waals surface area contributed by atoms with Crippen molar-refractivity contribution >= 4 is 41.7 Å². The molecule has 340 valence electrons. The summed E-state index contributed by atoms with van der Waals surface area (Å²) in [4.78, 5) is 85.7. The van der Waals surface area contributed by atoms with Gasteiger partial charge in [-0.3, -0.25) is 33.6 Å². The molecule has 0 spiro atoms. The topological polar surface area (TPSA) is 219 Å². The van der Waals surface area contributed by atoms with Gasteiger partial charge in [0, 0.05) is 47.1 Å². The van der Waals surface area contributed by atoms with Crippen LogP contribution in [0, 0.1) is 0 Å². The summed E-state index contributed by atoms with van der Waals surface area (Å²) in [6.45, 7) is 6.24. The van der Waals surface area contributed by atoms with Crippen LogP contribution in [0.15, 0.2) is 0 Å². The highest BCUT2D eigenvalue weighted by atomic mass is 16.7. The minimum Gasteiger partial charge on any atom is -0.481 e. The number of ether oxygens (including phenoxy) is 6. The molecule has 0 bridgehead atoms. The van der Waals surface area contributed by atoms with Crippen LogP contribution in [0.3, 0.4) is 0 Å². The Morgan fingerprint density at radius 2 is 1.03 bits per heavy atom. The van der Waals surface area contributed by atoms with Crippen LogP contribution in [0.25, 0.3) is 0 Å². The number of amides is 2. The van der Waals surface area contributed by atoms with Crippen molar-refractivity contribution in [1.29, 1.82) is 0 Å². The summed E-state index contributed by atoms with van der Waals surface area (Å²) >= 11 is 0. The highest BCUT2D eigenvalue weighted by Gasteiger charge is 2.53. The molecule has 59 heavy (non-hydrogen) atoms. The molecule has 3 N–H and O–H groups in total. The van der Waals surface area contributed by atoms with Crippen molar-refractivity contribution in [2.24, 2.45) is 0 Å². The Morgan fingerprint density at radius 3 is 1.53 bits per heavy atom. The number of rotatable bonds is 34. The number of carbonyl (C=O) groups is 7. The lowest BCUT2D eigenvalue weighted by Crippen LogP contribution is -2.63. The quantitative estimate of drug-likeness (QED) is 0.0364. The predicted molar refractivity (Wildman–Crippen MR) is 218 cm³/mol. The molecule has 2 amide bonds. The van der Waals surface area contributed by atoms with Crippen molar-refractivity contribution in [3.8, 4) is 0 Å². The molecule has 0 aromatic carbocycles. The average Bonchev–Trinajstić information content (AvgIpc) is 3.16. The van der Waals surface area contributed by atoms with E-state index in [9.17, 15) is 33.6 Å². The summed E-state index contributed by atoms with van der Waals surface area (Å²) in [5.74, 6) is -4.68. The fraction of sp³-hybridized carbons (Fsp3) is 0.837. The van der Waals surface area contributed by atoms with Gasteiger partial charge in [-0.05, 0) is 19.3 Å². The second-order valence-electron chi connectivity index (χ2n) is 15.4. The summed E-state index contributed by atoms with van der Waals surface area (Å²) in [7, 11) is 0. The predicted octanol–water partition coefficient (Wildman–Crippen LogP) is 6.37. The molecule has 1 fully saturated rings. The van der Waals surface area contributed by atoms with Crippen LogP contribution in [0.5, 0.6) is 0 Å². The molecule has 0 aromatic rings. The fourth-order valence-corrected chi connectivity index (χ4v) is 6.89. The first-order valence-electron chi connectivity index (χ1n) is 22.0. The molecule has 16 nitrogen and oxygen atoms in total. The molecule has 0 saturated carbocycles. The third-order valence-corrected chi connectivity index (χ3v) is 9.90. The van der Waals surface area contributed by atoms with Gasteiger partial charge < -0.3 is 44.2 Å². The van der Waals surface area contributed by atoms with Crippen LogP contribution in [0.2, 0.25) is 0 Å². The standard InChI is InChI=1S/C43H74N2O14/c1-6-7-8-9-10-11-12-13-16-19-22-25-28-44-42(53)35(45-37(50)26-23-20-17-14-15-18-21-24-27-38(51)52)29-55-43-41(58-34(5)49)40(57-33(4)48)39(56-32(3)47)36(59-43)30-54-31(2)46/h35-36,39-41,43H,6-30H2,1-5H3,(H,44,53)(H,45,50)(H,51,52)/t35?,36-,39+,40+,41-,43-/m1/s1. The normalized spacial score (nSPS) is 19.2. The molecule has 0 aliphatic carbocycles. The van der Waals surface area contributed by atoms with E-state index in [2.05, 4.69) is 17.6 Å². The van der Waals surface area contributed by atoms with Crippen molar-refractivity contribution in [2.75, 3.05) is 19.8 Å². The zero-order valence-corrected chi connectivity index (χ0v) is 36.4. The zero-order chi connectivity index (χ0) is 43.8. The van der Waals surface area contributed by atoms with Gasteiger partial charge >= 0.3 is 29.8 Å². The number of hydrogen-bond acceptors (Lipinski definition) is 13. The minimum absolute atomic E-state index is 0.167. The van der Waals surface area contributed by atoms with E-state index >= 15 is 0 Å². The number of esters is 4. The molecule has 0 aromatic heterocycles. The molecule has 6 atom stereocenters. The third kappa shape index (κ3) is 26.8. The second-order valence-corrected chi connectivity index (χ2v) is 15.4. The smallest absolute Gasteiger partial charge is 0.303 e. The number of unbranched alkanes of at least 4 members (excludes halogenated alkanes) is 18. The van der Waals surface area contributed by atoms with Gasteiger partial charge in [0.05, 0.1) is 6.61 Å². The maximum absolute atomic E-state index is 13.5. The first-order valence-corrected chi connectivity index (χ1v) is 22.0. The molecule has 1 heterocycles. The number of aliphatic carboxylic acids is 1. The van der Waals surface area contributed by atoms with Gasteiger partial charge in [0.25, 0.3) is 0 Å². The molecule has 0 radical (unpaired) electrons. The SMILES string of the molecule is CCCCCCCCCCCCCCNC(=O)C(CO[C@@H]1O[C@H](COC(C)=O)[C@H](OC(C)=O)[C@H](OC(C)=O)[C@H]1OC(C)=O)NC(=O)CCCCCCCCCCC(=O)O. The van der Waals surface area contributed by atoms with E-state index in [0.29, 0.717) is 19.4 Å². The van der Waals surface area contributed by atoms with Gasteiger partial charge in [-0.2, -0.15) is 0 Å². The molecule has 1 aliphatic rings. The van der Waals surface area contributed by atoms with Crippen LogP contribution in [-0.4, -0.2) is 103 Å². The average molecular weight is 843 g/mol. The number of hydrogen-bond donors (Lipinski definition) is 3. The van der Waals surface area contributed by atoms with E-state index in [4.69, 9.17) is 33.5 Å². The van der Waals surface area contributed by atoms with E-state index in [1.165, 1.54) is 58.3 Å². The lowest BCUT2D eigenvalue weighted by Gasteiger charge is -2.44. The van der Waals surface area contributed by atoms with Gasteiger partial charge in [0.2, 0.25) is 11.8 Å². The molecular formula is C43H74N2O14. The second kappa shape index (κ2) is 33.0. The Morgan fingerprint density at radius 1 is 0.576 bits per heavy atom. The van der Waals surface area contributed by atoms with Crippen molar-refractivity contribution in [3.63, 3.8) is 0 Å². The zero-order valence-electron chi connectivity index (χ0n) is 36.4. The maximum atomic E-state index is 13.5. The van der Waals surface area contributed by atoms with Gasteiger partial charge in [-0.25, -0.2) is 0 Å². The first kappa shape index (κ1) is 53.2. The minimum atomic E-state index is -1.51. The van der Waals surface area contributed by atoms with Gasteiger partial charge in [-0.15, -0.1) is 0 Å². The van der Waals surface area contributed by atoms with Crippen LogP contribution in [0.1, 0.15) is 176 Å². The Balaban J connectivity index is 2.95. The third-order valence-electron chi connectivity index (χ3n) is 9.90. The van der Waals surface area contributed by atoms with Gasteiger partial charge in [0.15, 0.2) is 24.6 Å². The van der Waals surface area contributed by atoms with Crippen LogP contribution < -0.4 is 10.6 Å². The van der Waals surface area contributed by atoms with E-state index in [1.807, 2.05) is 0 Å². The van der Waals surface area contributed by atoms with E-state index in [-0.39, 0.29) is 18.7 Å². The molecule has 1 unspecified atom stereocenters. The Labute approximate surface area is 351 Å². The molecule has 1 rings (SSSR count). The lowest BCUT2D eigenvalue weighted by molar-refractivity contribution is -0.308. The van der Waals surface area contributed by atoms with E-state index in [0.717, 1.165) is 85.0 Å². The Bertz CT molecular complexity index is 1250. The van der Waals surface area contributed by atoms with E-state index in [1.54, 1.807) is 0 Å². The number of carboxylic acid groups (broad SMARTS) is 1. The van der Waals surface area contributed by atoms with Crippen LogP contribution >= 0.6 is 0 Å². The number of carboxylic acids is 1. The van der Waals surface area contributed by atoms with Gasteiger partial charge in [-0.1, -0.05) is 116 Å². The van der Waals surface area contributed by atoms with E-state index < -0.39 is 85.7 Å². The highest BCUT2D eigenvalue weighted by molar-refractivity contribution is 5.87. The molecule has 1 saturated heterocycles. The lowest BCUT2D eigenvalue weighted by atomic mass is 9.98. The number of nitrogens with one attached hydrogen (secondary N) is 2. The van der Waals surface area contributed by atoms with Gasteiger partial charge in [0.1, 0.15) is 18.8 Å². The number of carbonyl (C=O) groups excluding carboxylic acids is 6. The Kier molecular flexibility index (Phi) is 29.8. The Hall–Kier alpha value is -3.79. The first-order chi connectivity index (χ1) is 28.2. The summed E-state index contributed by atoms with van der Waals surface area (Å²) < 4.78 is 33.5. The van der Waals surface area contributed by atoms with Crippen molar-refractivity contribution < 1.29 is 67.1 Å². The maximum Gasteiger partial charge on any atom is 0.303 e. The van der Waals surface area contributed by atoms with Crippen molar-refractivity contribution in [2.45, 2.75) is 213 Å². The fourth-order valence-electron chi connectivity index (χ4n) is 6.89. The van der Waals surface area contributed by atoms with Crippen molar-refractivity contribution in [1.82, 2.24) is 10.6 Å². The highest BCUT2D eigenvalue weighted by Crippen LogP contribution is 2.30. The molecule has 16 heteroatoms. The summed E-state index contributed by atoms with van der Waals surface area (Å²) in [6, 6.07) is -1.18. The van der Waals surface area contributed by atoms with Crippen LogP contribution in [0.4, 0.5) is 0 Å². The largest absolute Gasteiger partial charge is 0.481 e. The molecular weight excluding hydrogens is 768 g/mol. The monoisotopic (exact) mass is 843 g/mol.